The highest BCUT2D eigenvalue weighted by Crippen LogP contribution is 2.31. The first-order chi connectivity index (χ1) is 11.5. The van der Waals surface area contributed by atoms with Crippen LogP contribution in [0.1, 0.15) is 12.0 Å². The quantitative estimate of drug-likeness (QED) is 0.924. The molecule has 2 aromatic rings. The summed E-state index contributed by atoms with van der Waals surface area (Å²) < 4.78 is 5.39. The van der Waals surface area contributed by atoms with Crippen LogP contribution in [0.5, 0.6) is 5.75 Å². The van der Waals surface area contributed by atoms with E-state index in [0.717, 1.165) is 5.56 Å². The number of para-hydroxylation sites is 2. The van der Waals surface area contributed by atoms with Gasteiger partial charge in [-0.3, -0.25) is 9.59 Å². The Balaban J connectivity index is 1.66. The van der Waals surface area contributed by atoms with E-state index in [9.17, 15) is 9.59 Å². The van der Waals surface area contributed by atoms with Gasteiger partial charge in [-0.1, -0.05) is 29.8 Å². The second kappa shape index (κ2) is 6.93. The standard InChI is InChI=1S/C18H17ClN2O3/c1-12-6-7-13(19)10-14(12)20-17(22)8-9-21-15-4-2-3-5-16(15)24-11-18(21)23/h2-7,10H,8-9,11H2,1H3,(H,20,22). The van der Waals surface area contributed by atoms with Gasteiger partial charge in [0.2, 0.25) is 5.91 Å². The van der Waals surface area contributed by atoms with Gasteiger partial charge >= 0.3 is 0 Å². The van der Waals surface area contributed by atoms with Crippen molar-refractivity contribution in [3.8, 4) is 5.75 Å². The third-order valence-electron chi connectivity index (χ3n) is 3.84. The number of halogens is 1. The largest absolute Gasteiger partial charge is 0.482 e. The summed E-state index contributed by atoms with van der Waals surface area (Å²) in [6, 6.07) is 12.6. The molecule has 0 aliphatic carbocycles. The van der Waals surface area contributed by atoms with Gasteiger partial charge in [0.1, 0.15) is 5.75 Å². The smallest absolute Gasteiger partial charge is 0.265 e. The van der Waals surface area contributed by atoms with Crippen LogP contribution in [0.3, 0.4) is 0 Å². The van der Waals surface area contributed by atoms with Crippen molar-refractivity contribution >= 4 is 34.8 Å². The molecule has 6 heteroatoms. The van der Waals surface area contributed by atoms with Crippen molar-refractivity contribution in [3.63, 3.8) is 0 Å². The van der Waals surface area contributed by atoms with Crippen LogP contribution in [-0.4, -0.2) is 25.0 Å². The highest BCUT2D eigenvalue weighted by atomic mass is 35.5. The fraction of sp³-hybridized carbons (Fsp3) is 0.222. The van der Waals surface area contributed by atoms with Crippen LogP contribution in [0.15, 0.2) is 42.5 Å². The predicted molar refractivity (Wildman–Crippen MR) is 93.7 cm³/mol. The van der Waals surface area contributed by atoms with Crippen LogP contribution in [0, 0.1) is 6.92 Å². The van der Waals surface area contributed by atoms with Crippen molar-refractivity contribution in [1.82, 2.24) is 0 Å². The van der Waals surface area contributed by atoms with Crippen LogP contribution in [0.2, 0.25) is 5.02 Å². The zero-order valence-electron chi connectivity index (χ0n) is 13.2. The molecule has 0 aromatic heterocycles. The SMILES string of the molecule is Cc1ccc(Cl)cc1NC(=O)CCN1C(=O)COc2ccccc21. The first-order valence-electron chi connectivity index (χ1n) is 7.63. The van der Waals surface area contributed by atoms with Crippen molar-refractivity contribution < 1.29 is 14.3 Å². The van der Waals surface area contributed by atoms with Gasteiger partial charge in [0, 0.05) is 23.7 Å². The lowest BCUT2D eigenvalue weighted by Crippen LogP contribution is -2.40. The van der Waals surface area contributed by atoms with Crippen LogP contribution < -0.4 is 15.0 Å². The second-order valence-electron chi connectivity index (χ2n) is 5.56. The predicted octanol–water partition coefficient (Wildman–Crippen LogP) is 3.40. The van der Waals surface area contributed by atoms with Gasteiger partial charge in [-0.15, -0.1) is 0 Å². The normalized spacial score (nSPS) is 13.2. The number of rotatable bonds is 4. The van der Waals surface area contributed by atoms with Gasteiger partial charge in [0.15, 0.2) is 6.61 Å². The minimum atomic E-state index is -0.169. The van der Waals surface area contributed by atoms with E-state index < -0.39 is 0 Å². The summed E-state index contributed by atoms with van der Waals surface area (Å²) in [5.41, 5.74) is 2.31. The Labute approximate surface area is 145 Å². The fourth-order valence-corrected chi connectivity index (χ4v) is 2.73. The lowest BCUT2D eigenvalue weighted by Gasteiger charge is -2.29. The summed E-state index contributed by atoms with van der Waals surface area (Å²) in [6.07, 6.45) is 0.187. The van der Waals surface area contributed by atoms with E-state index in [1.807, 2.05) is 37.3 Å². The summed E-state index contributed by atoms with van der Waals surface area (Å²) in [6.45, 7) is 2.18. The molecule has 24 heavy (non-hydrogen) atoms. The number of nitrogens with one attached hydrogen (secondary N) is 1. The Morgan fingerprint density at radius 3 is 2.92 bits per heavy atom. The Bertz CT molecular complexity index is 792. The summed E-state index contributed by atoms with van der Waals surface area (Å²) in [7, 11) is 0. The number of amides is 2. The van der Waals surface area contributed by atoms with Crippen molar-refractivity contribution in [2.75, 3.05) is 23.4 Å². The van der Waals surface area contributed by atoms with E-state index in [0.29, 0.717) is 28.7 Å². The number of fused-ring (bicyclic) bond motifs is 1. The molecule has 0 saturated heterocycles. The maximum Gasteiger partial charge on any atom is 0.265 e. The number of ether oxygens (including phenoxy) is 1. The molecule has 5 nitrogen and oxygen atoms in total. The minimum Gasteiger partial charge on any atom is -0.482 e. The molecule has 124 valence electrons. The summed E-state index contributed by atoms with van der Waals surface area (Å²) >= 11 is 5.96. The molecule has 0 fully saturated rings. The zero-order valence-corrected chi connectivity index (χ0v) is 14.0. The van der Waals surface area contributed by atoms with Gasteiger partial charge < -0.3 is 15.0 Å². The zero-order chi connectivity index (χ0) is 17.1. The highest BCUT2D eigenvalue weighted by Gasteiger charge is 2.25. The Kier molecular flexibility index (Phi) is 4.71. The lowest BCUT2D eigenvalue weighted by molar-refractivity contribution is -0.121. The van der Waals surface area contributed by atoms with E-state index >= 15 is 0 Å². The van der Waals surface area contributed by atoms with Gasteiger partial charge in [0.25, 0.3) is 5.91 Å². The Morgan fingerprint density at radius 2 is 2.08 bits per heavy atom. The number of aryl methyl sites for hydroxylation is 1. The number of hydrogen-bond acceptors (Lipinski definition) is 3. The summed E-state index contributed by atoms with van der Waals surface area (Å²) in [5.74, 6) is 0.334. The average molecular weight is 345 g/mol. The van der Waals surface area contributed by atoms with Crippen LogP contribution in [0.25, 0.3) is 0 Å². The molecule has 0 atom stereocenters. The maximum atomic E-state index is 12.2. The van der Waals surface area contributed by atoms with Crippen molar-refractivity contribution in [2.24, 2.45) is 0 Å². The molecule has 1 aliphatic rings. The lowest BCUT2D eigenvalue weighted by atomic mass is 10.2. The molecule has 0 saturated carbocycles. The molecule has 1 aliphatic heterocycles. The Hall–Kier alpha value is -2.53. The third-order valence-corrected chi connectivity index (χ3v) is 4.08. The van der Waals surface area contributed by atoms with E-state index in [1.165, 1.54) is 0 Å². The van der Waals surface area contributed by atoms with Crippen LogP contribution >= 0.6 is 11.6 Å². The number of anilines is 2. The number of hydrogen-bond donors (Lipinski definition) is 1. The van der Waals surface area contributed by atoms with Gasteiger partial charge in [0.05, 0.1) is 5.69 Å². The van der Waals surface area contributed by atoms with Gasteiger partial charge in [-0.05, 0) is 36.8 Å². The van der Waals surface area contributed by atoms with Crippen molar-refractivity contribution in [2.45, 2.75) is 13.3 Å². The topological polar surface area (TPSA) is 58.6 Å². The molecule has 0 bridgehead atoms. The molecular formula is C18H17ClN2O3. The number of carbonyl (C=O) groups is 2. The first kappa shape index (κ1) is 16.3. The maximum absolute atomic E-state index is 12.2. The Morgan fingerprint density at radius 1 is 1.29 bits per heavy atom. The number of nitrogens with zero attached hydrogens (tertiary/aromatic N) is 1. The highest BCUT2D eigenvalue weighted by molar-refractivity contribution is 6.31. The summed E-state index contributed by atoms with van der Waals surface area (Å²) in [4.78, 5) is 25.9. The van der Waals surface area contributed by atoms with E-state index in [1.54, 1.807) is 17.0 Å². The molecule has 1 N–H and O–H groups in total. The first-order valence-corrected chi connectivity index (χ1v) is 8.00. The second-order valence-corrected chi connectivity index (χ2v) is 6.00. The third kappa shape index (κ3) is 3.51. The van der Waals surface area contributed by atoms with Gasteiger partial charge in [-0.2, -0.15) is 0 Å². The molecule has 0 radical (unpaired) electrons. The molecule has 1 heterocycles. The molecule has 3 rings (SSSR count). The van der Waals surface area contributed by atoms with Crippen LogP contribution in [-0.2, 0) is 9.59 Å². The van der Waals surface area contributed by atoms with E-state index in [2.05, 4.69) is 5.32 Å². The number of carbonyl (C=O) groups excluding carboxylic acids is 2. The molecular weight excluding hydrogens is 328 g/mol. The minimum absolute atomic E-state index is 0.00790. The fourth-order valence-electron chi connectivity index (χ4n) is 2.55. The average Bonchev–Trinajstić information content (AvgIpc) is 2.57. The molecule has 0 spiro atoms. The van der Waals surface area contributed by atoms with E-state index in [4.69, 9.17) is 16.3 Å². The van der Waals surface area contributed by atoms with Crippen molar-refractivity contribution in [1.29, 1.82) is 0 Å². The molecule has 2 amide bonds. The number of benzene rings is 2. The molecule has 2 aromatic carbocycles. The van der Waals surface area contributed by atoms with Crippen molar-refractivity contribution in [3.05, 3.63) is 53.1 Å². The monoisotopic (exact) mass is 344 g/mol. The van der Waals surface area contributed by atoms with Gasteiger partial charge in [-0.25, -0.2) is 0 Å². The van der Waals surface area contributed by atoms with E-state index in [-0.39, 0.29) is 24.8 Å². The van der Waals surface area contributed by atoms with Crippen LogP contribution in [0.4, 0.5) is 11.4 Å². The molecule has 0 unspecified atom stereocenters. The summed E-state index contributed by atoms with van der Waals surface area (Å²) in [5, 5.41) is 3.40.